The highest BCUT2D eigenvalue weighted by atomic mass is 16.5. The maximum Gasteiger partial charge on any atom is 0.163 e. The van der Waals surface area contributed by atoms with E-state index in [0.29, 0.717) is 12.9 Å². The quantitative estimate of drug-likeness (QED) is 0.210. The fourth-order valence-electron chi connectivity index (χ4n) is 0.907. The van der Waals surface area contributed by atoms with Gasteiger partial charge in [-0.05, 0) is 24.8 Å². The van der Waals surface area contributed by atoms with E-state index in [0.717, 1.165) is 24.8 Å². The largest absolute Gasteiger partial charge is 0.352 e. The normalized spacial score (nSPS) is 11.5. The van der Waals surface area contributed by atoms with Crippen LogP contribution in [-0.4, -0.2) is 19.1 Å². The summed E-state index contributed by atoms with van der Waals surface area (Å²) >= 11 is 0. The van der Waals surface area contributed by atoms with Gasteiger partial charge >= 0.3 is 0 Å². The Labute approximate surface area is 84.9 Å². The van der Waals surface area contributed by atoms with Crippen LogP contribution in [-0.2, 0) is 9.53 Å². The third-order valence-electron chi connectivity index (χ3n) is 1.72. The van der Waals surface area contributed by atoms with Gasteiger partial charge < -0.3 is 4.74 Å². The number of hydrogen-bond donors (Lipinski definition) is 1. The Hall–Kier alpha value is -1.15. The Morgan fingerprint density at radius 2 is 2.36 bits per heavy atom. The van der Waals surface area contributed by atoms with E-state index in [4.69, 9.17) is 10.5 Å². The van der Waals surface area contributed by atoms with Crippen LogP contribution in [0.4, 0.5) is 0 Å². The Morgan fingerprint density at radius 1 is 1.64 bits per heavy atom. The van der Waals surface area contributed by atoms with Crippen LogP contribution in [0.25, 0.3) is 0 Å². The lowest BCUT2D eigenvalue weighted by atomic mass is 10.1. The number of aldehydes is 1. The lowest BCUT2D eigenvalue weighted by Gasteiger charge is -2.07. The Morgan fingerprint density at radius 3 is 2.86 bits per heavy atom. The maximum absolute atomic E-state index is 10.2. The van der Waals surface area contributed by atoms with Gasteiger partial charge in [0.05, 0.1) is 6.61 Å². The molecule has 0 aliphatic carbocycles. The molecular formula is C11H17NO2. The van der Waals surface area contributed by atoms with Crippen LogP contribution in [0.1, 0.15) is 19.3 Å². The average Bonchev–Trinajstić information content (AvgIpc) is 2.22. The van der Waals surface area contributed by atoms with Crippen LogP contribution in [0.15, 0.2) is 30.5 Å². The van der Waals surface area contributed by atoms with Crippen LogP contribution >= 0.6 is 0 Å². The average molecular weight is 195 g/mol. The molecule has 0 spiro atoms. The molecule has 1 unspecified atom stereocenters. The molecule has 78 valence electrons. The number of ether oxygens (including phenoxy) is 1. The van der Waals surface area contributed by atoms with Crippen molar-refractivity contribution in [2.75, 3.05) is 6.61 Å². The lowest BCUT2D eigenvalue weighted by molar-refractivity contribution is -0.117. The Kier molecular flexibility index (Phi) is 7.75. The van der Waals surface area contributed by atoms with Crippen LogP contribution in [0, 0.1) is 0 Å². The zero-order valence-corrected chi connectivity index (χ0v) is 8.37. The first-order valence-electron chi connectivity index (χ1n) is 4.55. The fraction of sp³-hybridized carbons (Fsp3) is 0.455. The van der Waals surface area contributed by atoms with Crippen molar-refractivity contribution >= 4 is 6.29 Å². The maximum atomic E-state index is 10.2. The van der Waals surface area contributed by atoms with E-state index < -0.39 is 6.23 Å². The van der Waals surface area contributed by atoms with Crippen molar-refractivity contribution < 1.29 is 9.53 Å². The molecule has 1 atom stereocenters. The Balaban J connectivity index is 3.75. The van der Waals surface area contributed by atoms with Crippen molar-refractivity contribution in [2.24, 2.45) is 5.73 Å². The van der Waals surface area contributed by atoms with E-state index in [9.17, 15) is 4.79 Å². The van der Waals surface area contributed by atoms with E-state index in [1.54, 1.807) is 0 Å². The van der Waals surface area contributed by atoms with Gasteiger partial charge in [0.25, 0.3) is 0 Å². The van der Waals surface area contributed by atoms with Gasteiger partial charge in [0, 0.05) is 0 Å². The van der Waals surface area contributed by atoms with E-state index in [1.807, 2.05) is 6.08 Å². The summed E-state index contributed by atoms with van der Waals surface area (Å²) in [4.78, 5) is 10.2. The predicted molar refractivity (Wildman–Crippen MR) is 56.7 cm³/mol. The number of nitrogens with two attached hydrogens (primary N) is 1. The predicted octanol–water partition coefficient (Wildman–Crippen LogP) is 1.55. The minimum Gasteiger partial charge on any atom is -0.352 e. The third-order valence-corrected chi connectivity index (χ3v) is 1.72. The van der Waals surface area contributed by atoms with Gasteiger partial charge in [-0.15, -0.1) is 12.3 Å². The van der Waals surface area contributed by atoms with Gasteiger partial charge in [0.2, 0.25) is 0 Å². The summed E-state index contributed by atoms with van der Waals surface area (Å²) in [5.74, 6) is 0. The minimum atomic E-state index is -0.849. The molecule has 0 aromatic rings. The first-order chi connectivity index (χ1) is 6.74. The highest BCUT2D eigenvalue weighted by Crippen LogP contribution is 2.06. The van der Waals surface area contributed by atoms with Crippen LogP contribution in [0.2, 0.25) is 0 Å². The first-order valence-corrected chi connectivity index (χ1v) is 4.55. The number of rotatable bonds is 8. The zero-order valence-electron chi connectivity index (χ0n) is 8.37. The van der Waals surface area contributed by atoms with Gasteiger partial charge in [0.1, 0.15) is 0 Å². The van der Waals surface area contributed by atoms with Gasteiger partial charge in [0.15, 0.2) is 12.5 Å². The van der Waals surface area contributed by atoms with Crippen molar-refractivity contribution in [2.45, 2.75) is 25.5 Å². The SMILES string of the molecule is C=C=C(CCCC=C)COC(N)C=O. The molecular weight excluding hydrogens is 178 g/mol. The summed E-state index contributed by atoms with van der Waals surface area (Å²) in [6, 6.07) is 0. The van der Waals surface area contributed by atoms with Crippen molar-refractivity contribution in [1.82, 2.24) is 0 Å². The Bertz CT molecular complexity index is 229. The van der Waals surface area contributed by atoms with E-state index in [2.05, 4.69) is 18.9 Å². The zero-order chi connectivity index (χ0) is 10.8. The van der Waals surface area contributed by atoms with Crippen molar-refractivity contribution in [3.8, 4) is 0 Å². The van der Waals surface area contributed by atoms with Crippen LogP contribution in [0.5, 0.6) is 0 Å². The number of hydrogen-bond acceptors (Lipinski definition) is 3. The van der Waals surface area contributed by atoms with Crippen molar-refractivity contribution in [1.29, 1.82) is 0 Å². The standard InChI is InChI=1S/C11H17NO2/c1-3-5-6-7-10(4-2)9-14-11(12)8-13/h3,8,11H,1-2,5-7,9,12H2. The summed E-state index contributed by atoms with van der Waals surface area (Å²) < 4.78 is 5.02. The summed E-state index contributed by atoms with van der Waals surface area (Å²) in [5.41, 5.74) is 8.97. The topological polar surface area (TPSA) is 52.3 Å². The molecule has 0 aromatic heterocycles. The van der Waals surface area contributed by atoms with Gasteiger partial charge in [-0.25, -0.2) is 0 Å². The molecule has 0 rings (SSSR count). The molecule has 3 nitrogen and oxygen atoms in total. The summed E-state index contributed by atoms with van der Waals surface area (Å²) in [7, 11) is 0. The monoisotopic (exact) mass is 195 g/mol. The van der Waals surface area contributed by atoms with Crippen LogP contribution < -0.4 is 5.73 Å². The van der Waals surface area contributed by atoms with E-state index in [1.165, 1.54) is 0 Å². The van der Waals surface area contributed by atoms with Gasteiger partial charge in [-0.2, -0.15) is 0 Å². The molecule has 0 saturated heterocycles. The molecule has 0 amide bonds. The van der Waals surface area contributed by atoms with Gasteiger partial charge in [-0.3, -0.25) is 10.5 Å². The molecule has 3 heteroatoms. The molecule has 0 fully saturated rings. The van der Waals surface area contributed by atoms with Crippen molar-refractivity contribution in [3.05, 3.63) is 30.5 Å². The molecule has 0 heterocycles. The summed E-state index contributed by atoms with van der Waals surface area (Å²) in [6.45, 7) is 7.49. The second kappa shape index (κ2) is 8.45. The smallest absolute Gasteiger partial charge is 0.163 e. The number of allylic oxidation sites excluding steroid dienone is 1. The molecule has 0 aliphatic rings. The lowest BCUT2D eigenvalue weighted by Crippen LogP contribution is -2.26. The number of carbonyl (C=O) groups excluding carboxylic acids is 1. The number of carbonyl (C=O) groups is 1. The molecule has 0 aromatic carbocycles. The second-order valence-corrected chi connectivity index (χ2v) is 2.87. The van der Waals surface area contributed by atoms with Gasteiger partial charge in [-0.1, -0.05) is 12.7 Å². The van der Waals surface area contributed by atoms with Crippen LogP contribution in [0.3, 0.4) is 0 Å². The summed E-state index contributed by atoms with van der Waals surface area (Å²) in [6.07, 6.45) is 4.36. The first kappa shape index (κ1) is 12.8. The van der Waals surface area contributed by atoms with E-state index in [-0.39, 0.29) is 0 Å². The summed E-state index contributed by atoms with van der Waals surface area (Å²) in [5, 5.41) is 0. The van der Waals surface area contributed by atoms with Crippen molar-refractivity contribution in [3.63, 3.8) is 0 Å². The fourth-order valence-corrected chi connectivity index (χ4v) is 0.907. The molecule has 0 radical (unpaired) electrons. The number of unbranched alkanes of at least 4 members (excludes halogenated alkanes) is 1. The minimum absolute atomic E-state index is 0.320. The molecule has 0 aliphatic heterocycles. The van der Waals surface area contributed by atoms with E-state index >= 15 is 0 Å². The molecule has 14 heavy (non-hydrogen) atoms. The molecule has 0 saturated carbocycles. The molecule has 2 N–H and O–H groups in total. The highest BCUT2D eigenvalue weighted by molar-refractivity contribution is 5.54. The highest BCUT2D eigenvalue weighted by Gasteiger charge is 2.01. The molecule has 0 bridgehead atoms. The second-order valence-electron chi connectivity index (χ2n) is 2.87. The third kappa shape index (κ3) is 6.38.